The molecule has 0 aliphatic carbocycles. The molecule has 2 heterocycles. The van der Waals surface area contributed by atoms with Crippen molar-refractivity contribution in [2.24, 2.45) is 5.92 Å². The average Bonchev–Trinajstić information content (AvgIpc) is 2.50. The Morgan fingerprint density at radius 1 is 1.08 bits per heavy atom. The minimum Gasteiger partial charge on any atom is -0.294 e. The summed E-state index contributed by atoms with van der Waals surface area (Å²) >= 11 is 0. The number of benzene rings is 1. The van der Waals surface area contributed by atoms with E-state index in [1.807, 2.05) is 39.0 Å². The van der Waals surface area contributed by atoms with E-state index in [0.717, 1.165) is 33.4 Å². The van der Waals surface area contributed by atoms with Crippen molar-refractivity contribution in [1.29, 1.82) is 0 Å². The minimum absolute atomic E-state index is 0.114. The Hall–Kier alpha value is -2.76. The molecule has 0 amide bonds. The summed E-state index contributed by atoms with van der Waals surface area (Å²) in [6.07, 6.45) is 0.708. The molecule has 2 N–H and O–H groups in total. The summed E-state index contributed by atoms with van der Waals surface area (Å²) in [6.45, 7) is 9.99. The van der Waals surface area contributed by atoms with Gasteiger partial charge < -0.3 is 0 Å². The predicted octanol–water partition coefficient (Wildman–Crippen LogP) is 3.58. The van der Waals surface area contributed by atoms with Gasteiger partial charge >= 0.3 is 0 Å². The van der Waals surface area contributed by atoms with Gasteiger partial charge in [-0.05, 0) is 44.7 Å². The van der Waals surface area contributed by atoms with Crippen LogP contribution in [0.1, 0.15) is 36.4 Å². The minimum atomic E-state index is -0.114. The molecule has 3 aromatic rings. The fourth-order valence-electron chi connectivity index (χ4n) is 2.88. The van der Waals surface area contributed by atoms with Gasteiger partial charge in [-0.3, -0.25) is 15.1 Å². The largest absolute Gasteiger partial charge is 0.294 e. The number of nitrogens with one attached hydrogen (secondary N) is 2. The molecule has 2 aromatic heterocycles. The smallest absolute Gasteiger partial charge is 0.255 e. The molecule has 6 heteroatoms. The van der Waals surface area contributed by atoms with E-state index < -0.39 is 0 Å². The first-order valence-corrected chi connectivity index (χ1v) is 8.45. The monoisotopic (exact) mass is 337 g/mol. The van der Waals surface area contributed by atoms with Crippen LogP contribution in [-0.4, -0.2) is 19.9 Å². The summed E-state index contributed by atoms with van der Waals surface area (Å²) in [7, 11) is 0. The van der Waals surface area contributed by atoms with Crippen molar-refractivity contribution in [2.75, 3.05) is 5.32 Å². The molecule has 25 heavy (non-hydrogen) atoms. The topological polar surface area (TPSA) is 83.6 Å². The number of fused-ring (bicyclic) bond motifs is 1. The zero-order valence-electron chi connectivity index (χ0n) is 15.3. The quantitative estimate of drug-likeness (QED) is 0.760. The van der Waals surface area contributed by atoms with Crippen LogP contribution in [0.2, 0.25) is 0 Å². The number of rotatable bonds is 4. The molecule has 0 saturated heterocycles. The van der Waals surface area contributed by atoms with Gasteiger partial charge in [-0.15, -0.1) is 0 Å². The van der Waals surface area contributed by atoms with E-state index in [0.29, 0.717) is 24.2 Å². The van der Waals surface area contributed by atoms with E-state index in [1.165, 1.54) is 0 Å². The Morgan fingerprint density at radius 2 is 1.84 bits per heavy atom. The Morgan fingerprint density at radius 3 is 2.52 bits per heavy atom. The highest BCUT2D eigenvalue weighted by Crippen LogP contribution is 2.19. The van der Waals surface area contributed by atoms with Crippen LogP contribution < -0.4 is 10.9 Å². The Labute approximate surface area is 146 Å². The van der Waals surface area contributed by atoms with Crippen LogP contribution in [0, 0.1) is 26.7 Å². The molecule has 0 saturated carbocycles. The fraction of sp³-hybridized carbons (Fsp3) is 0.368. The van der Waals surface area contributed by atoms with Crippen LogP contribution in [0.3, 0.4) is 0 Å². The van der Waals surface area contributed by atoms with Crippen LogP contribution in [-0.2, 0) is 6.42 Å². The number of aromatic amines is 1. The van der Waals surface area contributed by atoms with Crippen molar-refractivity contribution in [1.82, 2.24) is 19.9 Å². The maximum Gasteiger partial charge on any atom is 0.255 e. The predicted molar refractivity (Wildman–Crippen MR) is 100 cm³/mol. The molecule has 3 rings (SSSR count). The molecular weight excluding hydrogens is 314 g/mol. The first-order chi connectivity index (χ1) is 11.8. The standard InChI is InChI=1S/C19H23N5O/c1-10(2)8-15-13(5)21-19(23-17(15)25)24-18-20-12(4)14-7-6-11(3)9-16(14)22-18/h6-7,9-10H,8H2,1-5H3,(H2,20,21,22,23,24,25). The first kappa shape index (κ1) is 17.1. The van der Waals surface area contributed by atoms with Crippen molar-refractivity contribution in [2.45, 2.75) is 41.0 Å². The highest BCUT2D eigenvalue weighted by atomic mass is 16.1. The molecule has 0 unspecified atom stereocenters. The van der Waals surface area contributed by atoms with Gasteiger partial charge in [-0.2, -0.15) is 0 Å². The highest BCUT2D eigenvalue weighted by Gasteiger charge is 2.11. The second-order valence-electron chi connectivity index (χ2n) is 6.85. The number of anilines is 2. The summed E-state index contributed by atoms with van der Waals surface area (Å²) in [5.74, 6) is 1.19. The molecule has 1 aromatic carbocycles. The zero-order chi connectivity index (χ0) is 18.1. The van der Waals surface area contributed by atoms with Gasteiger partial charge in [-0.1, -0.05) is 26.0 Å². The van der Waals surface area contributed by atoms with Crippen molar-refractivity contribution in [3.05, 3.63) is 51.1 Å². The Kier molecular flexibility index (Phi) is 4.53. The molecule has 0 fully saturated rings. The lowest BCUT2D eigenvalue weighted by Gasteiger charge is -2.11. The Bertz CT molecular complexity index is 991. The fourth-order valence-corrected chi connectivity index (χ4v) is 2.88. The van der Waals surface area contributed by atoms with Gasteiger partial charge in [-0.25, -0.2) is 15.0 Å². The van der Waals surface area contributed by atoms with E-state index in [4.69, 9.17) is 0 Å². The second-order valence-corrected chi connectivity index (χ2v) is 6.85. The third-order valence-electron chi connectivity index (χ3n) is 4.11. The third kappa shape index (κ3) is 3.68. The van der Waals surface area contributed by atoms with Gasteiger partial charge in [0.1, 0.15) is 0 Å². The summed E-state index contributed by atoms with van der Waals surface area (Å²) in [4.78, 5) is 28.6. The molecule has 130 valence electrons. The number of hydrogen-bond acceptors (Lipinski definition) is 5. The van der Waals surface area contributed by atoms with Gasteiger partial charge in [0.25, 0.3) is 5.56 Å². The van der Waals surface area contributed by atoms with Crippen molar-refractivity contribution in [3.63, 3.8) is 0 Å². The molecule has 0 aliphatic heterocycles. The normalized spacial score (nSPS) is 11.3. The molecule has 6 nitrogen and oxygen atoms in total. The summed E-state index contributed by atoms with van der Waals surface area (Å²) < 4.78 is 0. The summed E-state index contributed by atoms with van der Waals surface area (Å²) in [6, 6.07) is 6.08. The first-order valence-electron chi connectivity index (χ1n) is 8.45. The van der Waals surface area contributed by atoms with Crippen molar-refractivity contribution < 1.29 is 0 Å². The van der Waals surface area contributed by atoms with Gasteiger partial charge in [0.05, 0.1) is 11.2 Å². The van der Waals surface area contributed by atoms with E-state index in [9.17, 15) is 4.79 Å². The second kappa shape index (κ2) is 6.63. The molecule has 0 radical (unpaired) electrons. The SMILES string of the molecule is Cc1ccc2c(C)nc(Nc3nc(C)c(CC(C)C)c(=O)[nH]3)nc2c1. The molecule has 0 spiro atoms. The number of nitrogens with zero attached hydrogens (tertiary/aromatic N) is 3. The maximum atomic E-state index is 12.3. The summed E-state index contributed by atoms with van der Waals surface area (Å²) in [5, 5.41) is 4.04. The number of H-pyrrole nitrogens is 1. The van der Waals surface area contributed by atoms with Crippen LogP contribution in [0.15, 0.2) is 23.0 Å². The van der Waals surface area contributed by atoms with E-state index in [-0.39, 0.29) is 5.56 Å². The molecular formula is C19H23N5O. The van der Waals surface area contributed by atoms with Crippen LogP contribution in [0.5, 0.6) is 0 Å². The highest BCUT2D eigenvalue weighted by molar-refractivity contribution is 5.82. The van der Waals surface area contributed by atoms with Gasteiger partial charge in [0.2, 0.25) is 11.9 Å². The molecule has 0 aliphatic rings. The third-order valence-corrected chi connectivity index (χ3v) is 4.11. The van der Waals surface area contributed by atoms with Crippen LogP contribution >= 0.6 is 0 Å². The lowest BCUT2D eigenvalue weighted by molar-refractivity contribution is 0.636. The van der Waals surface area contributed by atoms with Crippen LogP contribution in [0.25, 0.3) is 10.9 Å². The maximum absolute atomic E-state index is 12.3. The molecule has 0 bridgehead atoms. The van der Waals surface area contributed by atoms with Crippen LogP contribution in [0.4, 0.5) is 11.9 Å². The van der Waals surface area contributed by atoms with Crippen molar-refractivity contribution in [3.8, 4) is 0 Å². The number of aryl methyl sites for hydroxylation is 3. The summed E-state index contributed by atoms with van der Waals surface area (Å²) in [5.41, 5.74) is 4.22. The average molecular weight is 337 g/mol. The van der Waals surface area contributed by atoms with Gasteiger partial charge in [0, 0.05) is 16.6 Å². The van der Waals surface area contributed by atoms with E-state index in [2.05, 4.69) is 39.1 Å². The number of hydrogen-bond donors (Lipinski definition) is 2. The van der Waals surface area contributed by atoms with E-state index >= 15 is 0 Å². The zero-order valence-corrected chi connectivity index (χ0v) is 15.3. The van der Waals surface area contributed by atoms with E-state index in [1.54, 1.807) is 0 Å². The lowest BCUT2D eigenvalue weighted by Crippen LogP contribution is -2.20. The Balaban J connectivity index is 1.97. The molecule has 0 atom stereocenters. The number of aromatic nitrogens is 4. The lowest BCUT2D eigenvalue weighted by atomic mass is 10.0. The van der Waals surface area contributed by atoms with Crippen molar-refractivity contribution >= 4 is 22.8 Å². The van der Waals surface area contributed by atoms with Gasteiger partial charge in [0.15, 0.2) is 0 Å².